The predicted molar refractivity (Wildman–Crippen MR) is 294 cm³/mol. The molecular weight excluding hydrogens is 822 g/mol. The van der Waals surface area contributed by atoms with Gasteiger partial charge in [0.05, 0.1) is 11.2 Å². The number of aryl methyl sites for hydroxylation is 1. The van der Waals surface area contributed by atoms with Gasteiger partial charge in [0.1, 0.15) is 0 Å². The summed E-state index contributed by atoms with van der Waals surface area (Å²) in [4.78, 5) is 8.02. The minimum Gasteiger partial charge on any atom is -0.334 e. The van der Waals surface area contributed by atoms with Crippen LogP contribution in [0.15, 0.2) is 146 Å². The molecule has 0 aromatic heterocycles. The molecule has 4 heteroatoms. The molecular formula is C64H70BN3. The molecule has 2 unspecified atom stereocenters. The van der Waals surface area contributed by atoms with Gasteiger partial charge in [0.25, 0.3) is 6.71 Å². The largest absolute Gasteiger partial charge is 0.334 e. The molecule has 11 rings (SSSR count). The van der Waals surface area contributed by atoms with Crippen molar-refractivity contribution < 1.29 is 0 Å². The highest BCUT2D eigenvalue weighted by molar-refractivity contribution is 7.00. The second kappa shape index (κ2) is 16.0. The first-order valence-corrected chi connectivity index (χ1v) is 25.7. The summed E-state index contributed by atoms with van der Waals surface area (Å²) >= 11 is 0. The van der Waals surface area contributed by atoms with E-state index in [0.29, 0.717) is 5.92 Å². The normalized spacial score (nSPS) is 19.8. The fourth-order valence-corrected chi connectivity index (χ4v) is 12.8. The summed E-state index contributed by atoms with van der Waals surface area (Å²) in [5.41, 5.74) is 23.5. The highest BCUT2D eigenvalue weighted by Gasteiger charge is 2.57. The minimum atomic E-state index is -0.0773. The van der Waals surface area contributed by atoms with E-state index in [2.05, 4.69) is 236 Å². The highest BCUT2D eigenvalue weighted by atomic mass is 15.3. The number of fused-ring (bicyclic) bond motifs is 7. The van der Waals surface area contributed by atoms with Crippen molar-refractivity contribution in [1.82, 2.24) is 0 Å². The molecule has 4 aliphatic rings. The molecule has 0 radical (unpaired) electrons. The average molecular weight is 892 g/mol. The fraction of sp³-hybridized carbons (Fsp3) is 0.344. The summed E-state index contributed by atoms with van der Waals surface area (Å²) in [5, 5.41) is 0. The van der Waals surface area contributed by atoms with Crippen LogP contribution in [0.1, 0.15) is 141 Å². The number of hydrogen-bond acceptors (Lipinski definition) is 3. The third-order valence-corrected chi connectivity index (χ3v) is 16.8. The van der Waals surface area contributed by atoms with Gasteiger partial charge < -0.3 is 14.7 Å². The van der Waals surface area contributed by atoms with Gasteiger partial charge in [0.2, 0.25) is 0 Å². The molecule has 1 fully saturated rings. The Kier molecular flexibility index (Phi) is 10.5. The van der Waals surface area contributed by atoms with E-state index >= 15 is 0 Å². The predicted octanol–water partition coefficient (Wildman–Crippen LogP) is 16.0. The van der Waals surface area contributed by atoms with Crippen molar-refractivity contribution in [2.24, 2.45) is 0 Å². The Bertz CT molecular complexity index is 3080. The Hall–Kier alpha value is -6.00. The first kappa shape index (κ1) is 44.5. The standard InChI is InChI=1S/C64H70BN3/c1-42(2)45-25-33-55-51(39-45)63(10)35-19-12-13-20-36-64(63,11)68(55)49-31-32-53-57(41-49)66(48-29-26-46(27-30-48)61(4,5)6)58-37-43(3)38-59-60(58)65(53)52-23-17-18-24-56(52)67(59)54-34-28-47(62(7,8)9)40-50(54)44-21-15-14-16-22-44/h14-18,21-34,37-42H,12-13,19-20,35-36H2,1-11H3. The second-order valence-electron chi connectivity index (χ2n) is 23.6. The average Bonchev–Trinajstić information content (AvgIpc) is 3.49. The van der Waals surface area contributed by atoms with Crippen molar-refractivity contribution in [2.75, 3.05) is 14.7 Å². The van der Waals surface area contributed by atoms with E-state index < -0.39 is 0 Å². The van der Waals surface area contributed by atoms with Crippen LogP contribution in [-0.2, 0) is 16.2 Å². The van der Waals surface area contributed by atoms with Crippen molar-refractivity contribution in [3.05, 3.63) is 173 Å². The van der Waals surface area contributed by atoms with Crippen LogP contribution in [0.3, 0.4) is 0 Å². The van der Waals surface area contributed by atoms with E-state index in [4.69, 9.17) is 0 Å². The molecule has 0 amide bonds. The van der Waals surface area contributed by atoms with Gasteiger partial charge in [-0.1, -0.05) is 173 Å². The van der Waals surface area contributed by atoms with E-state index in [1.165, 1.54) is 139 Å². The zero-order chi connectivity index (χ0) is 47.5. The van der Waals surface area contributed by atoms with Gasteiger partial charge in [-0.05, 0) is 154 Å². The van der Waals surface area contributed by atoms with Crippen LogP contribution in [0.5, 0.6) is 0 Å². The maximum atomic E-state index is 2.80. The Morgan fingerprint density at radius 3 is 1.84 bits per heavy atom. The van der Waals surface area contributed by atoms with Crippen LogP contribution in [0, 0.1) is 6.92 Å². The Labute approximate surface area is 408 Å². The number of benzene rings is 7. The summed E-state index contributed by atoms with van der Waals surface area (Å²) in [7, 11) is 0. The minimum absolute atomic E-state index is 0.000784. The fourth-order valence-electron chi connectivity index (χ4n) is 12.8. The van der Waals surface area contributed by atoms with E-state index in [9.17, 15) is 0 Å². The first-order valence-electron chi connectivity index (χ1n) is 25.7. The van der Waals surface area contributed by atoms with Crippen LogP contribution in [-0.4, -0.2) is 12.3 Å². The first-order chi connectivity index (χ1) is 32.5. The summed E-state index contributed by atoms with van der Waals surface area (Å²) < 4.78 is 0. The lowest BCUT2D eigenvalue weighted by atomic mass is 9.33. The van der Waals surface area contributed by atoms with Crippen molar-refractivity contribution in [1.29, 1.82) is 0 Å². The van der Waals surface area contributed by atoms with Gasteiger partial charge in [0.15, 0.2) is 0 Å². The Balaban J connectivity index is 1.17. The zero-order valence-corrected chi connectivity index (χ0v) is 42.6. The lowest BCUT2D eigenvalue weighted by molar-refractivity contribution is 0.217. The number of nitrogens with zero attached hydrogens (tertiary/aromatic N) is 3. The van der Waals surface area contributed by atoms with Crippen molar-refractivity contribution in [3.63, 3.8) is 0 Å². The lowest BCUT2D eigenvalue weighted by Gasteiger charge is -2.49. The zero-order valence-electron chi connectivity index (χ0n) is 42.6. The van der Waals surface area contributed by atoms with Crippen LogP contribution in [0.25, 0.3) is 11.1 Å². The third-order valence-electron chi connectivity index (χ3n) is 16.8. The lowest BCUT2D eigenvalue weighted by Crippen LogP contribution is -2.61. The van der Waals surface area contributed by atoms with Gasteiger partial charge >= 0.3 is 0 Å². The van der Waals surface area contributed by atoms with E-state index in [0.717, 1.165) is 0 Å². The molecule has 3 nitrogen and oxygen atoms in total. The molecule has 344 valence electrons. The second-order valence-corrected chi connectivity index (χ2v) is 23.6. The smallest absolute Gasteiger partial charge is 0.252 e. The summed E-state index contributed by atoms with van der Waals surface area (Å²) in [6, 6.07) is 57.0. The number of para-hydroxylation sites is 1. The molecule has 1 aliphatic carbocycles. The maximum absolute atomic E-state index is 2.80. The van der Waals surface area contributed by atoms with Crippen molar-refractivity contribution in [2.45, 2.75) is 142 Å². The molecule has 2 atom stereocenters. The summed E-state index contributed by atoms with van der Waals surface area (Å²) in [5.74, 6) is 0.482. The molecule has 3 aliphatic heterocycles. The van der Waals surface area contributed by atoms with E-state index in [1.54, 1.807) is 0 Å². The highest BCUT2D eigenvalue weighted by Crippen LogP contribution is 2.60. The van der Waals surface area contributed by atoms with Gasteiger partial charge in [0, 0.05) is 50.8 Å². The molecule has 0 N–H and O–H groups in total. The molecule has 1 saturated carbocycles. The Morgan fingerprint density at radius 1 is 0.515 bits per heavy atom. The number of anilines is 8. The number of rotatable bonds is 5. The van der Waals surface area contributed by atoms with Crippen molar-refractivity contribution >= 4 is 68.6 Å². The molecule has 0 saturated heterocycles. The third kappa shape index (κ3) is 6.90. The molecule has 3 heterocycles. The Morgan fingerprint density at radius 2 is 1.13 bits per heavy atom. The van der Waals surface area contributed by atoms with Crippen LogP contribution in [0.4, 0.5) is 45.5 Å². The van der Waals surface area contributed by atoms with E-state index in [-0.39, 0.29) is 28.5 Å². The molecule has 0 bridgehead atoms. The SMILES string of the molecule is Cc1cc2c3c(c1)N(c1ccc(C(C)(C)C)cc1-c1ccccc1)c1ccccc1B3c1ccc(N3c4ccc(C(C)C)cc4C4(C)CCCCCCC34C)cc1N2c1ccc(C(C)(C)C)cc1. The van der Waals surface area contributed by atoms with Crippen LogP contribution >= 0.6 is 0 Å². The monoisotopic (exact) mass is 892 g/mol. The molecule has 7 aromatic rings. The van der Waals surface area contributed by atoms with Crippen LogP contribution in [0.2, 0.25) is 0 Å². The summed E-state index contributed by atoms with van der Waals surface area (Å²) in [6.07, 6.45) is 7.53. The molecule has 7 aromatic carbocycles. The van der Waals surface area contributed by atoms with Gasteiger partial charge in [-0.3, -0.25) is 0 Å². The van der Waals surface area contributed by atoms with Gasteiger partial charge in [-0.15, -0.1) is 0 Å². The summed E-state index contributed by atoms with van der Waals surface area (Å²) in [6.45, 7) is 26.1. The molecule has 68 heavy (non-hydrogen) atoms. The quantitative estimate of drug-likeness (QED) is 0.159. The van der Waals surface area contributed by atoms with Gasteiger partial charge in [-0.25, -0.2) is 0 Å². The van der Waals surface area contributed by atoms with E-state index in [1.807, 2.05) is 0 Å². The van der Waals surface area contributed by atoms with Crippen LogP contribution < -0.4 is 31.1 Å². The van der Waals surface area contributed by atoms with Crippen molar-refractivity contribution in [3.8, 4) is 11.1 Å². The topological polar surface area (TPSA) is 9.72 Å². The number of hydrogen-bond donors (Lipinski definition) is 0. The van der Waals surface area contributed by atoms with Gasteiger partial charge in [-0.2, -0.15) is 0 Å². The maximum Gasteiger partial charge on any atom is 0.252 e. The molecule has 0 spiro atoms.